The monoisotopic (exact) mass is 508 g/mol. The molecule has 1 aromatic carbocycles. The van der Waals surface area contributed by atoms with E-state index in [2.05, 4.69) is 55.8 Å². The summed E-state index contributed by atoms with van der Waals surface area (Å²) in [6.45, 7) is 11.8. The van der Waals surface area contributed by atoms with Gasteiger partial charge in [0, 0.05) is 18.5 Å². The van der Waals surface area contributed by atoms with Crippen LogP contribution in [-0.4, -0.2) is 59.8 Å². The van der Waals surface area contributed by atoms with E-state index in [9.17, 15) is 9.59 Å². The van der Waals surface area contributed by atoms with Crippen molar-refractivity contribution >= 4 is 28.9 Å². The fraction of sp³-hybridized carbons (Fsp3) is 0.552. The first-order valence-electron chi connectivity index (χ1n) is 13.4. The van der Waals surface area contributed by atoms with Crippen LogP contribution in [0.5, 0.6) is 0 Å². The van der Waals surface area contributed by atoms with Crippen LogP contribution < -0.4 is 10.7 Å². The molecule has 37 heavy (non-hydrogen) atoms. The Hall–Kier alpha value is -2.81. The average molecular weight is 509 g/mol. The van der Waals surface area contributed by atoms with Gasteiger partial charge in [-0.15, -0.1) is 0 Å². The summed E-state index contributed by atoms with van der Waals surface area (Å²) < 4.78 is 12.0. The number of rotatable bonds is 1. The second-order valence-electron chi connectivity index (χ2n) is 10.7. The van der Waals surface area contributed by atoms with Crippen LogP contribution in [0.2, 0.25) is 0 Å². The van der Waals surface area contributed by atoms with E-state index in [1.807, 2.05) is 32.0 Å². The summed E-state index contributed by atoms with van der Waals surface area (Å²) in [5.41, 5.74) is 5.69. The quantitative estimate of drug-likeness (QED) is 0.562. The van der Waals surface area contributed by atoms with Crippen LogP contribution in [0.25, 0.3) is 17.0 Å². The van der Waals surface area contributed by atoms with Gasteiger partial charge in [-0.05, 0) is 56.2 Å². The van der Waals surface area contributed by atoms with Crippen LogP contribution in [0, 0.1) is 11.8 Å². The van der Waals surface area contributed by atoms with Crippen molar-refractivity contribution in [3.63, 3.8) is 0 Å². The molecular weight excluding hydrogens is 468 g/mol. The van der Waals surface area contributed by atoms with Gasteiger partial charge in [-0.1, -0.05) is 51.1 Å². The molecule has 200 valence electrons. The van der Waals surface area contributed by atoms with E-state index in [-0.39, 0.29) is 23.9 Å². The molecule has 5 bridgehead atoms. The van der Waals surface area contributed by atoms with Gasteiger partial charge in [0.1, 0.15) is 12.1 Å². The molecule has 5 unspecified atom stereocenters. The third-order valence-corrected chi connectivity index (χ3v) is 7.11. The minimum Gasteiger partial charge on any atom is -0.455 e. The normalized spacial score (nSPS) is 28.5. The van der Waals surface area contributed by atoms with E-state index in [0.29, 0.717) is 37.7 Å². The number of benzene rings is 1. The molecule has 3 heterocycles. The second kappa shape index (κ2) is 12.2. The number of ether oxygens (including phenoxy) is 2. The number of hydrazine groups is 1. The van der Waals surface area contributed by atoms with Crippen LogP contribution in [0.4, 0.5) is 0 Å². The Morgan fingerprint density at radius 3 is 2.68 bits per heavy atom. The Bertz CT molecular complexity index is 1130. The van der Waals surface area contributed by atoms with Crippen LogP contribution >= 0.6 is 0 Å². The lowest BCUT2D eigenvalue weighted by atomic mass is 10.1. The van der Waals surface area contributed by atoms with E-state index in [1.165, 1.54) is 0 Å². The molecule has 8 heteroatoms. The van der Waals surface area contributed by atoms with E-state index in [0.717, 1.165) is 22.9 Å². The fourth-order valence-corrected chi connectivity index (χ4v) is 4.62. The number of carbonyl (C=O) groups is 2. The van der Waals surface area contributed by atoms with E-state index >= 15 is 0 Å². The first-order chi connectivity index (χ1) is 17.7. The molecule has 1 saturated heterocycles. The number of fused-ring (bicyclic) bond motifs is 4. The zero-order valence-corrected chi connectivity index (χ0v) is 22.6. The van der Waals surface area contributed by atoms with Crippen LogP contribution in [0.1, 0.15) is 64.8 Å². The summed E-state index contributed by atoms with van der Waals surface area (Å²) in [6, 6.07) is 9.08. The van der Waals surface area contributed by atoms with Gasteiger partial charge < -0.3 is 14.8 Å². The first-order valence-corrected chi connectivity index (χ1v) is 13.4. The Kier molecular flexibility index (Phi) is 8.95. The summed E-state index contributed by atoms with van der Waals surface area (Å²) in [5.74, 6) is 0.0416. The van der Waals surface area contributed by atoms with Gasteiger partial charge >= 0.3 is 5.97 Å². The molecule has 1 aromatic heterocycles. The molecule has 2 aromatic rings. The average Bonchev–Trinajstić information content (AvgIpc) is 2.90. The first kappa shape index (κ1) is 27.2. The van der Waals surface area contributed by atoms with Gasteiger partial charge in [-0.2, -0.15) is 0 Å². The summed E-state index contributed by atoms with van der Waals surface area (Å²) in [5, 5.41) is 5.92. The predicted octanol–water partition coefficient (Wildman–Crippen LogP) is 4.02. The summed E-state index contributed by atoms with van der Waals surface area (Å²) >= 11 is 0. The van der Waals surface area contributed by atoms with E-state index in [4.69, 9.17) is 14.5 Å². The van der Waals surface area contributed by atoms with Crippen molar-refractivity contribution < 1.29 is 19.1 Å². The van der Waals surface area contributed by atoms with Gasteiger partial charge in [0.2, 0.25) is 0 Å². The van der Waals surface area contributed by atoms with Gasteiger partial charge in [0.15, 0.2) is 0 Å². The molecule has 1 fully saturated rings. The van der Waals surface area contributed by atoms with E-state index in [1.54, 1.807) is 5.01 Å². The summed E-state index contributed by atoms with van der Waals surface area (Å²) in [6.07, 6.45) is 5.04. The highest BCUT2D eigenvalue weighted by molar-refractivity contribution is 5.83. The predicted molar refractivity (Wildman–Crippen MR) is 144 cm³/mol. The fourth-order valence-electron chi connectivity index (χ4n) is 4.62. The van der Waals surface area contributed by atoms with Gasteiger partial charge in [0.25, 0.3) is 5.91 Å². The summed E-state index contributed by atoms with van der Waals surface area (Å²) in [4.78, 5) is 30.9. The molecule has 5 atom stereocenters. The van der Waals surface area contributed by atoms with E-state index < -0.39 is 18.2 Å². The lowest BCUT2D eigenvalue weighted by Crippen LogP contribution is -2.59. The number of carbonyl (C=O) groups excluding carboxylic acids is 2. The standard InChI is InChI=1S/C29H40N4O4/c1-18(2)27-16-30-20(4)28(34)33-14-6-7-25(32-33)29(35)37-21(5)24-13-12-23-11-10-22(15-26(23)31-24)9-8-19(3)17-36-27/h8-13,15,18-21,25,27,30,32H,6-7,14,16-17H2,1-5H3. The molecular formula is C29H40N4O4. The largest absolute Gasteiger partial charge is 0.455 e. The zero-order chi connectivity index (χ0) is 26.5. The molecule has 0 radical (unpaired) electrons. The number of aromatic nitrogens is 1. The summed E-state index contributed by atoms with van der Waals surface area (Å²) in [7, 11) is 0. The third kappa shape index (κ3) is 6.94. The maximum absolute atomic E-state index is 13.1. The van der Waals surface area contributed by atoms with Crippen molar-refractivity contribution in [1.29, 1.82) is 0 Å². The maximum atomic E-state index is 13.1. The smallest absolute Gasteiger partial charge is 0.325 e. The lowest BCUT2D eigenvalue weighted by molar-refractivity contribution is -0.156. The van der Waals surface area contributed by atoms with Crippen molar-refractivity contribution in [2.24, 2.45) is 11.8 Å². The molecule has 0 spiro atoms. The van der Waals surface area contributed by atoms with Crippen molar-refractivity contribution in [3.8, 4) is 0 Å². The molecule has 4 rings (SSSR count). The van der Waals surface area contributed by atoms with Crippen LogP contribution in [0.15, 0.2) is 36.4 Å². The zero-order valence-electron chi connectivity index (χ0n) is 22.6. The third-order valence-electron chi connectivity index (χ3n) is 7.11. The molecule has 0 saturated carbocycles. The molecule has 2 aliphatic heterocycles. The molecule has 8 nitrogen and oxygen atoms in total. The molecule has 0 aliphatic carbocycles. The minimum absolute atomic E-state index is 0.0259. The molecule has 2 N–H and O–H groups in total. The van der Waals surface area contributed by atoms with Gasteiger partial charge in [-0.3, -0.25) is 14.6 Å². The Labute approximate surface area is 219 Å². The second-order valence-corrected chi connectivity index (χ2v) is 10.7. The Balaban J connectivity index is 1.61. The highest BCUT2D eigenvalue weighted by Crippen LogP contribution is 2.23. The molecule has 2 aliphatic rings. The number of hydrogen-bond donors (Lipinski definition) is 2. The highest BCUT2D eigenvalue weighted by Gasteiger charge is 2.32. The number of esters is 1. The number of nitrogens with zero attached hydrogens (tertiary/aromatic N) is 2. The lowest BCUT2D eigenvalue weighted by Gasteiger charge is -2.35. The topological polar surface area (TPSA) is 92.8 Å². The Morgan fingerprint density at radius 1 is 1.11 bits per heavy atom. The van der Waals surface area contributed by atoms with Crippen molar-refractivity contribution in [3.05, 3.63) is 47.7 Å². The SMILES string of the molecule is CC1C=Cc2ccc3ccc(nc3c2)C(C)OC(=O)C2CCCN(N2)C(=O)C(C)NCC(C(C)C)OC1. The van der Waals surface area contributed by atoms with Crippen LogP contribution in [0.3, 0.4) is 0 Å². The molecule has 1 amide bonds. The number of nitrogens with one attached hydrogen (secondary N) is 2. The minimum atomic E-state index is -0.577. The Morgan fingerprint density at radius 2 is 1.89 bits per heavy atom. The van der Waals surface area contributed by atoms with Crippen LogP contribution in [-0.2, 0) is 19.1 Å². The number of pyridine rings is 1. The van der Waals surface area contributed by atoms with Gasteiger partial charge in [-0.25, -0.2) is 10.4 Å². The van der Waals surface area contributed by atoms with Crippen molar-refractivity contribution in [2.75, 3.05) is 19.7 Å². The maximum Gasteiger partial charge on any atom is 0.325 e. The van der Waals surface area contributed by atoms with Crippen molar-refractivity contribution in [1.82, 2.24) is 20.7 Å². The number of amides is 1. The van der Waals surface area contributed by atoms with Gasteiger partial charge in [0.05, 0.1) is 30.0 Å². The number of hydrogen-bond acceptors (Lipinski definition) is 7. The highest BCUT2D eigenvalue weighted by atomic mass is 16.5. The van der Waals surface area contributed by atoms with Crippen molar-refractivity contribution in [2.45, 2.75) is 71.8 Å². The number of cyclic esters (lactones) is 1.